The summed E-state index contributed by atoms with van der Waals surface area (Å²) >= 11 is 0. The van der Waals surface area contributed by atoms with Gasteiger partial charge < -0.3 is 10.6 Å². The van der Waals surface area contributed by atoms with Gasteiger partial charge in [0.25, 0.3) is 0 Å². The van der Waals surface area contributed by atoms with Gasteiger partial charge in [0.05, 0.1) is 22.9 Å². The van der Waals surface area contributed by atoms with Gasteiger partial charge in [-0.1, -0.05) is 30.3 Å². The van der Waals surface area contributed by atoms with Crippen molar-refractivity contribution in [2.24, 2.45) is 0 Å². The van der Waals surface area contributed by atoms with Crippen LogP contribution >= 0.6 is 0 Å². The maximum Gasteiger partial charge on any atom is 0.235 e. The normalized spacial score (nSPS) is 13.9. The molecule has 0 radical (unpaired) electrons. The summed E-state index contributed by atoms with van der Waals surface area (Å²) in [6.07, 6.45) is 1.64. The fourth-order valence-electron chi connectivity index (χ4n) is 4.66. The van der Waals surface area contributed by atoms with Crippen molar-refractivity contribution in [1.29, 1.82) is 0 Å². The number of amides is 1. The highest BCUT2D eigenvalue weighted by atomic mass is 19.1. The van der Waals surface area contributed by atoms with Crippen LogP contribution in [-0.4, -0.2) is 30.6 Å². The van der Waals surface area contributed by atoms with Crippen molar-refractivity contribution in [3.05, 3.63) is 95.2 Å². The topological polar surface area (TPSA) is 97.6 Å². The molecule has 190 valence electrons. The zero-order valence-corrected chi connectivity index (χ0v) is 20.7. The van der Waals surface area contributed by atoms with Gasteiger partial charge in [-0.15, -0.1) is 0 Å². The van der Waals surface area contributed by atoms with Crippen molar-refractivity contribution in [2.75, 3.05) is 10.6 Å². The number of fused-ring (bicyclic) bond motifs is 2. The second-order valence-electron chi connectivity index (χ2n) is 9.65. The Morgan fingerprint density at radius 3 is 2.68 bits per heavy atom. The number of benzene rings is 2. The highest BCUT2D eigenvalue weighted by Crippen LogP contribution is 2.42. The first-order valence-electron chi connectivity index (χ1n) is 12.1. The number of aromatic nitrogens is 5. The van der Waals surface area contributed by atoms with Gasteiger partial charge in [-0.2, -0.15) is 5.10 Å². The highest BCUT2D eigenvalue weighted by molar-refractivity contribution is 6.06. The molecule has 10 heteroatoms. The molecule has 0 saturated heterocycles. The summed E-state index contributed by atoms with van der Waals surface area (Å²) in [5.41, 5.74) is 1.92. The zero-order chi connectivity index (χ0) is 26.4. The Morgan fingerprint density at radius 1 is 1.03 bits per heavy atom. The van der Waals surface area contributed by atoms with Gasteiger partial charge in [0.2, 0.25) is 5.91 Å². The zero-order valence-electron chi connectivity index (χ0n) is 20.7. The van der Waals surface area contributed by atoms with Crippen LogP contribution < -0.4 is 10.6 Å². The average molecular weight is 512 g/mol. The second kappa shape index (κ2) is 8.98. The molecule has 2 aromatic carbocycles. The Bertz CT molecular complexity index is 1710. The summed E-state index contributed by atoms with van der Waals surface area (Å²) in [5.74, 6) is 0.217. The molecule has 0 bridgehead atoms. The Morgan fingerprint density at radius 2 is 1.87 bits per heavy atom. The Kier molecular flexibility index (Phi) is 5.59. The molecule has 1 amide bonds. The molecule has 3 aromatic heterocycles. The van der Waals surface area contributed by atoms with Crippen LogP contribution in [0.4, 0.5) is 20.4 Å². The van der Waals surface area contributed by atoms with E-state index in [4.69, 9.17) is 10.1 Å². The molecular formula is C28H23F2N7O. The van der Waals surface area contributed by atoms with Crippen LogP contribution in [0.25, 0.3) is 22.6 Å². The molecule has 1 aliphatic heterocycles. The predicted molar refractivity (Wildman–Crippen MR) is 139 cm³/mol. The molecule has 4 heterocycles. The van der Waals surface area contributed by atoms with Crippen LogP contribution in [-0.2, 0) is 23.3 Å². The van der Waals surface area contributed by atoms with E-state index in [0.29, 0.717) is 39.5 Å². The number of pyridine rings is 1. The number of carbonyl (C=O) groups is 1. The molecule has 1 aliphatic rings. The van der Waals surface area contributed by atoms with Crippen LogP contribution in [0.1, 0.15) is 30.5 Å². The summed E-state index contributed by atoms with van der Waals surface area (Å²) in [7, 11) is 0. The molecule has 2 N–H and O–H groups in total. The number of nitrogens with one attached hydrogen (secondary N) is 2. The second-order valence-corrected chi connectivity index (χ2v) is 9.65. The molecule has 0 spiro atoms. The van der Waals surface area contributed by atoms with Gasteiger partial charge in [0.15, 0.2) is 11.5 Å². The lowest BCUT2D eigenvalue weighted by atomic mass is 9.87. The Hall–Kier alpha value is -4.73. The molecule has 6 rings (SSSR count). The summed E-state index contributed by atoms with van der Waals surface area (Å²) in [4.78, 5) is 26.7. The number of hydrogen-bond donors (Lipinski definition) is 2. The Labute approximate surface area is 216 Å². The van der Waals surface area contributed by atoms with E-state index in [1.807, 2.05) is 6.07 Å². The average Bonchev–Trinajstić information content (AvgIpc) is 3.37. The molecule has 0 aliphatic carbocycles. The first kappa shape index (κ1) is 23.7. The largest absolute Gasteiger partial charge is 0.366 e. The molecule has 0 saturated carbocycles. The van der Waals surface area contributed by atoms with Crippen LogP contribution in [0.15, 0.2) is 66.9 Å². The Balaban J connectivity index is 1.46. The van der Waals surface area contributed by atoms with Gasteiger partial charge in [0.1, 0.15) is 29.0 Å². The van der Waals surface area contributed by atoms with Crippen molar-refractivity contribution >= 4 is 28.6 Å². The van der Waals surface area contributed by atoms with E-state index in [2.05, 4.69) is 20.6 Å². The minimum atomic E-state index is -0.883. The molecule has 0 unspecified atom stereocenters. The standard InChI is InChI=1S/C28H23F2N7O/c1-28(2)21-23(32-14-16-7-5-9-18(29)13-16)33-25(34-24(21)35-27(28)38)22-19-10-6-12-31-26(19)37(36-22)15-17-8-3-4-11-20(17)30/h3-13H,14-15H2,1-2H3,(H2,32,33,34,35,38). The van der Waals surface area contributed by atoms with E-state index in [9.17, 15) is 13.6 Å². The summed E-state index contributed by atoms with van der Waals surface area (Å²) < 4.78 is 29.8. The van der Waals surface area contributed by atoms with Crippen LogP contribution in [0.5, 0.6) is 0 Å². The quantitative estimate of drug-likeness (QED) is 0.331. The van der Waals surface area contributed by atoms with Crippen LogP contribution in [0, 0.1) is 11.6 Å². The van der Waals surface area contributed by atoms with Gasteiger partial charge in [0, 0.05) is 18.3 Å². The first-order valence-corrected chi connectivity index (χ1v) is 12.1. The summed E-state index contributed by atoms with van der Waals surface area (Å²) in [5, 5.41) is 11.5. The van der Waals surface area contributed by atoms with E-state index in [1.54, 1.807) is 61.1 Å². The van der Waals surface area contributed by atoms with E-state index in [0.717, 1.165) is 5.56 Å². The van der Waals surface area contributed by atoms with E-state index < -0.39 is 5.41 Å². The van der Waals surface area contributed by atoms with Crippen molar-refractivity contribution in [3.63, 3.8) is 0 Å². The van der Waals surface area contributed by atoms with Gasteiger partial charge in [-0.05, 0) is 49.7 Å². The van der Waals surface area contributed by atoms with Gasteiger partial charge >= 0.3 is 0 Å². The lowest BCUT2D eigenvalue weighted by molar-refractivity contribution is -0.119. The fraction of sp³-hybridized carbons (Fsp3) is 0.179. The van der Waals surface area contributed by atoms with Gasteiger partial charge in [-0.25, -0.2) is 28.4 Å². The fourth-order valence-corrected chi connectivity index (χ4v) is 4.66. The predicted octanol–water partition coefficient (Wildman–Crippen LogP) is 5.06. The molecule has 38 heavy (non-hydrogen) atoms. The van der Waals surface area contributed by atoms with Crippen LogP contribution in [0.2, 0.25) is 0 Å². The van der Waals surface area contributed by atoms with E-state index >= 15 is 0 Å². The van der Waals surface area contributed by atoms with Crippen molar-refractivity contribution in [3.8, 4) is 11.5 Å². The highest BCUT2D eigenvalue weighted by Gasteiger charge is 2.43. The van der Waals surface area contributed by atoms with E-state index in [1.165, 1.54) is 18.2 Å². The maximum absolute atomic E-state index is 14.4. The molecule has 0 fully saturated rings. The number of anilines is 2. The molecular weight excluding hydrogens is 488 g/mol. The third kappa shape index (κ3) is 4.03. The lowest BCUT2D eigenvalue weighted by Gasteiger charge is -2.19. The van der Waals surface area contributed by atoms with Gasteiger partial charge in [-0.3, -0.25) is 4.79 Å². The van der Waals surface area contributed by atoms with Crippen molar-refractivity contribution in [2.45, 2.75) is 32.4 Å². The SMILES string of the molecule is CC1(C)C(=O)Nc2nc(-c3nn(Cc4ccccc4F)c4ncccc34)nc(NCc3cccc(F)c3)c21. The number of halogens is 2. The number of hydrogen-bond acceptors (Lipinski definition) is 6. The molecule has 0 atom stereocenters. The van der Waals surface area contributed by atoms with E-state index in [-0.39, 0.29) is 36.5 Å². The minimum Gasteiger partial charge on any atom is -0.366 e. The first-order chi connectivity index (χ1) is 18.3. The minimum absolute atomic E-state index is 0.166. The monoisotopic (exact) mass is 511 g/mol. The number of carbonyl (C=O) groups excluding carboxylic acids is 1. The van der Waals surface area contributed by atoms with Crippen molar-refractivity contribution < 1.29 is 13.6 Å². The molecule has 5 aromatic rings. The number of nitrogens with zero attached hydrogens (tertiary/aromatic N) is 5. The number of rotatable bonds is 6. The third-order valence-corrected chi connectivity index (χ3v) is 6.68. The lowest BCUT2D eigenvalue weighted by Crippen LogP contribution is -2.27. The third-order valence-electron chi connectivity index (χ3n) is 6.68. The smallest absolute Gasteiger partial charge is 0.235 e. The molecule has 8 nitrogen and oxygen atoms in total. The van der Waals surface area contributed by atoms with Crippen LogP contribution in [0.3, 0.4) is 0 Å². The summed E-state index contributed by atoms with van der Waals surface area (Å²) in [6, 6.07) is 16.4. The maximum atomic E-state index is 14.4. The summed E-state index contributed by atoms with van der Waals surface area (Å²) in [6.45, 7) is 4.05. The van der Waals surface area contributed by atoms with Crippen molar-refractivity contribution in [1.82, 2.24) is 24.7 Å².